The molecule has 1 saturated carbocycles. The molecule has 1 rings (SSSR count). The first-order valence-electron chi connectivity index (χ1n) is 8.62. The highest BCUT2D eigenvalue weighted by atomic mass is 31.2. The summed E-state index contributed by atoms with van der Waals surface area (Å²) in [7, 11) is -3.42. The summed E-state index contributed by atoms with van der Waals surface area (Å²) in [6.07, 6.45) is 6.05. The van der Waals surface area contributed by atoms with E-state index in [4.69, 9.17) is 9.05 Å². The summed E-state index contributed by atoms with van der Waals surface area (Å²) in [4.78, 5) is 12.7. The predicted octanol–water partition coefficient (Wildman–Crippen LogP) is 4.12. The van der Waals surface area contributed by atoms with Crippen LogP contribution in [-0.2, 0) is 18.4 Å². The zero-order valence-electron chi connectivity index (χ0n) is 14.5. The van der Waals surface area contributed by atoms with Crippen molar-refractivity contribution in [1.29, 1.82) is 0 Å². The predicted molar refractivity (Wildman–Crippen MR) is 89.1 cm³/mol. The van der Waals surface area contributed by atoms with E-state index < -0.39 is 13.3 Å². The van der Waals surface area contributed by atoms with Crippen LogP contribution in [0, 0.1) is 5.92 Å². The van der Waals surface area contributed by atoms with Gasteiger partial charge in [0.05, 0.1) is 13.2 Å². The van der Waals surface area contributed by atoms with Gasteiger partial charge in [0.15, 0.2) is 0 Å². The van der Waals surface area contributed by atoms with Gasteiger partial charge in [-0.15, -0.1) is 0 Å². The van der Waals surface area contributed by atoms with Crippen LogP contribution in [-0.4, -0.2) is 30.8 Å². The monoisotopic (exact) mass is 333 g/mol. The molecule has 0 aromatic carbocycles. The summed E-state index contributed by atoms with van der Waals surface area (Å²) in [6.45, 7) is 8.14. The highest BCUT2D eigenvalue weighted by Gasteiger charge is 2.41. The lowest BCUT2D eigenvalue weighted by Gasteiger charge is -2.29. The number of hydrogen-bond donors (Lipinski definition) is 1. The normalized spacial score (nSPS) is 18.4. The standard InChI is InChI=1S/C16H32NO4P/c1-5-20-22(19,21-6-2)15(12-13(3)4)16(18)17-14-10-8-7-9-11-14/h13-15H,5-12H2,1-4H3,(H,17,18). The van der Waals surface area contributed by atoms with Crippen LogP contribution in [0.15, 0.2) is 0 Å². The van der Waals surface area contributed by atoms with Gasteiger partial charge >= 0.3 is 7.60 Å². The van der Waals surface area contributed by atoms with Gasteiger partial charge < -0.3 is 14.4 Å². The first kappa shape index (κ1) is 19.7. The molecule has 0 aromatic heterocycles. The van der Waals surface area contributed by atoms with Crippen LogP contribution >= 0.6 is 7.60 Å². The van der Waals surface area contributed by atoms with Crippen LogP contribution in [0.25, 0.3) is 0 Å². The van der Waals surface area contributed by atoms with E-state index in [1.165, 1.54) is 6.42 Å². The molecular weight excluding hydrogens is 301 g/mol. The molecule has 1 aliphatic carbocycles. The molecule has 5 nitrogen and oxygen atoms in total. The second kappa shape index (κ2) is 9.69. The van der Waals surface area contributed by atoms with Gasteiger partial charge in [0, 0.05) is 6.04 Å². The Balaban J connectivity index is 2.84. The van der Waals surface area contributed by atoms with Crippen molar-refractivity contribution in [2.75, 3.05) is 13.2 Å². The highest BCUT2D eigenvalue weighted by Crippen LogP contribution is 2.55. The molecular formula is C16H32NO4P. The van der Waals surface area contributed by atoms with Crippen molar-refractivity contribution in [2.24, 2.45) is 5.92 Å². The molecule has 22 heavy (non-hydrogen) atoms. The molecule has 0 aromatic rings. The van der Waals surface area contributed by atoms with Gasteiger partial charge in [-0.05, 0) is 39.0 Å². The minimum atomic E-state index is -3.42. The third-order valence-electron chi connectivity index (χ3n) is 3.95. The first-order chi connectivity index (χ1) is 10.4. The van der Waals surface area contributed by atoms with Crippen LogP contribution in [0.5, 0.6) is 0 Å². The molecule has 0 spiro atoms. The summed E-state index contributed by atoms with van der Waals surface area (Å²) in [5.74, 6) is 0.0715. The number of amides is 1. The second-order valence-corrected chi connectivity index (χ2v) is 8.58. The van der Waals surface area contributed by atoms with Crippen molar-refractivity contribution in [1.82, 2.24) is 5.32 Å². The quantitative estimate of drug-likeness (QED) is 0.645. The Hall–Kier alpha value is -0.380. The van der Waals surface area contributed by atoms with Gasteiger partial charge in [-0.2, -0.15) is 0 Å². The van der Waals surface area contributed by atoms with Crippen LogP contribution in [0.3, 0.4) is 0 Å². The SMILES string of the molecule is CCOP(=O)(OCC)C(CC(C)C)C(=O)NC1CCCCC1. The maximum absolute atomic E-state index is 13.0. The van der Waals surface area contributed by atoms with Crippen molar-refractivity contribution in [2.45, 2.75) is 77.9 Å². The van der Waals surface area contributed by atoms with Gasteiger partial charge in [-0.1, -0.05) is 33.1 Å². The molecule has 1 unspecified atom stereocenters. The summed E-state index contributed by atoms with van der Waals surface area (Å²) >= 11 is 0. The largest absolute Gasteiger partial charge is 0.353 e. The number of rotatable bonds is 9. The lowest BCUT2D eigenvalue weighted by atomic mass is 9.95. The molecule has 0 radical (unpaired) electrons. The highest BCUT2D eigenvalue weighted by molar-refractivity contribution is 7.55. The molecule has 0 saturated heterocycles. The molecule has 1 aliphatic rings. The van der Waals surface area contributed by atoms with Crippen molar-refractivity contribution in [3.05, 3.63) is 0 Å². The lowest BCUT2D eigenvalue weighted by Crippen LogP contribution is -2.43. The molecule has 6 heteroatoms. The summed E-state index contributed by atoms with van der Waals surface area (Å²) < 4.78 is 23.9. The Labute approximate surface area is 135 Å². The van der Waals surface area contributed by atoms with Crippen LogP contribution < -0.4 is 5.32 Å². The summed E-state index contributed by atoms with van der Waals surface area (Å²) in [5.41, 5.74) is -0.714. The third kappa shape index (κ3) is 6.02. The van der Waals surface area contributed by atoms with E-state index in [1.807, 2.05) is 13.8 Å². The van der Waals surface area contributed by atoms with E-state index in [-0.39, 0.29) is 31.1 Å². The van der Waals surface area contributed by atoms with E-state index in [9.17, 15) is 9.36 Å². The Morgan fingerprint density at radius 1 is 1.14 bits per heavy atom. The average Bonchev–Trinajstić information content (AvgIpc) is 2.46. The Morgan fingerprint density at radius 3 is 2.14 bits per heavy atom. The van der Waals surface area contributed by atoms with Gasteiger partial charge in [0.25, 0.3) is 0 Å². The number of carbonyl (C=O) groups excluding carboxylic acids is 1. The molecule has 1 N–H and O–H groups in total. The average molecular weight is 333 g/mol. The maximum atomic E-state index is 13.0. The zero-order chi connectivity index (χ0) is 16.6. The fourth-order valence-electron chi connectivity index (χ4n) is 2.95. The molecule has 0 heterocycles. The minimum Gasteiger partial charge on any atom is -0.353 e. The lowest BCUT2D eigenvalue weighted by molar-refractivity contribution is -0.122. The van der Waals surface area contributed by atoms with Gasteiger partial charge in [0.1, 0.15) is 5.66 Å². The summed E-state index contributed by atoms with van der Waals surface area (Å²) in [6, 6.07) is 0.201. The fraction of sp³-hybridized carbons (Fsp3) is 0.938. The van der Waals surface area contributed by atoms with Gasteiger partial charge in [-0.25, -0.2) is 0 Å². The Morgan fingerprint density at radius 2 is 1.68 bits per heavy atom. The summed E-state index contributed by atoms with van der Waals surface area (Å²) in [5, 5.41) is 3.08. The molecule has 0 bridgehead atoms. The van der Waals surface area contributed by atoms with E-state index >= 15 is 0 Å². The van der Waals surface area contributed by atoms with Crippen LogP contribution in [0.1, 0.15) is 66.2 Å². The van der Waals surface area contributed by atoms with E-state index in [1.54, 1.807) is 13.8 Å². The Kier molecular flexibility index (Phi) is 8.66. The minimum absolute atomic E-state index is 0.175. The van der Waals surface area contributed by atoms with E-state index in [0.717, 1.165) is 25.7 Å². The Bertz CT molecular complexity index is 370. The smallest absolute Gasteiger partial charge is 0.343 e. The topological polar surface area (TPSA) is 64.6 Å². The third-order valence-corrected chi connectivity index (χ3v) is 6.39. The van der Waals surface area contributed by atoms with Gasteiger partial charge in [0.2, 0.25) is 5.91 Å². The van der Waals surface area contributed by atoms with Crippen molar-refractivity contribution < 1.29 is 18.4 Å². The number of hydrogen-bond acceptors (Lipinski definition) is 4. The zero-order valence-corrected chi connectivity index (χ0v) is 15.4. The molecule has 1 atom stereocenters. The maximum Gasteiger partial charge on any atom is 0.343 e. The second-order valence-electron chi connectivity index (χ2n) is 6.36. The first-order valence-corrected chi connectivity index (χ1v) is 10.2. The van der Waals surface area contributed by atoms with Crippen molar-refractivity contribution in [3.8, 4) is 0 Å². The van der Waals surface area contributed by atoms with E-state index in [0.29, 0.717) is 6.42 Å². The molecule has 0 aliphatic heterocycles. The fourth-order valence-corrected chi connectivity index (χ4v) is 5.14. The van der Waals surface area contributed by atoms with Crippen LogP contribution in [0.2, 0.25) is 0 Å². The number of carbonyl (C=O) groups is 1. The van der Waals surface area contributed by atoms with E-state index in [2.05, 4.69) is 5.32 Å². The molecule has 1 fully saturated rings. The van der Waals surface area contributed by atoms with Crippen molar-refractivity contribution in [3.63, 3.8) is 0 Å². The number of nitrogens with one attached hydrogen (secondary N) is 1. The van der Waals surface area contributed by atoms with Crippen LogP contribution in [0.4, 0.5) is 0 Å². The van der Waals surface area contributed by atoms with Crippen molar-refractivity contribution >= 4 is 13.5 Å². The molecule has 1 amide bonds. The molecule has 130 valence electrons. The van der Waals surface area contributed by atoms with Gasteiger partial charge in [-0.3, -0.25) is 9.36 Å².